The van der Waals surface area contributed by atoms with Crippen LogP contribution in [0.1, 0.15) is 50.5 Å². The molecule has 5 unspecified atom stereocenters. The van der Waals surface area contributed by atoms with E-state index in [9.17, 15) is 19.2 Å². The van der Waals surface area contributed by atoms with E-state index in [0.717, 1.165) is 16.9 Å². The van der Waals surface area contributed by atoms with E-state index in [0.29, 0.717) is 27.1 Å². The number of ether oxygens (including phenoxy) is 4. The summed E-state index contributed by atoms with van der Waals surface area (Å²) in [5.41, 5.74) is 1.39. The Kier molecular flexibility index (Phi) is 14.5. The molecule has 0 radical (unpaired) electrons. The van der Waals surface area contributed by atoms with Gasteiger partial charge in [0.05, 0.1) is 11.8 Å². The molecule has 0 saturated heterocycles. The number of esters is 2. The fourth-order valence-electron chi connectivity index (χ4n) is 7.18. The van der Waals surface area contributed by atoms with Gasteiger partial charge in [0.25, 0.3) is 0 Å². The fraction of sp³-hybridized carbons (Fsp3) is 0.245. The molecule has 5 atom stereocenters. The predicted octanol–water partition coefficient (Wildman–Crippen LogP) is 14.0. The molecular formula is C49H42Cl4FNO6. The Balaban J connectivity index is 0.000000213. The molecule has 12 heteroatoms. The number of carbonyl (C=O) groups is 2. The van der Waals surface area contributed by atoms with Crippen molar-refractivity contribution < 1.29 is 32.9 Å². The Bertz CT molecular complexity index is 2450. The zero-order chi connectivity index (χ0) is 43.9. The average molecular weight is 902 g/mol. The Morgan fingerprint density at radius 1 is 0.721 bits per heavy atom. The minimum atomic E-state index is -1.21. The molecule has 0 spiro atoms. The highest BCUT2D eigenvalue weighted by Crippen LogP contribution is 2.61. The molecule has 5 aromatic rings. The second-order valence-corrected chi connectivity index (χ2v) is 17.7. The van der Waals surface area contributed by atoms with E-state index in [-0.39, 0.29) is 46.0 Å². The molecule has 0 aromatic heterocycles. The monoisotopic (exact) mass is 899 g/mol. The first-order chi connectivity index (χ1) is 29.1. The molecule has 2 fully saturated rings. The van der Waals surface area contributed by atoms with Crippen molar-refractivity contribution in [3.63, 3.8) is 0 Å². The van der Waals surface area contributed by atoms with Crippen LogP contribution in [0.15, 0.2) is 144 Å². The number of benzene rings is 5. The van der Waals surface area contributed by atoms with Gasteiger partial charge in [0.2, 0.25) is 6.10 Å². The van der Waals surface area contributed by atoms with Crippen LogP contribution in [0.2, 0.25) is 5.02 Å². The minimum Gasteiger partial charge on any atom is -0.461 e. The van der Waals surface area contributed by atoms with E-state index in [4.69, 9.17) is 65.4 Å². The standard InChI is InChI=1S/C28H22Cl2FNO3.C21H20Cl2O3/c1-28(2)21(15-22(30)17-8-11-19(29)12-9-17)26(28)27(33)35-25(16-32)18-10-13-23(31)24(14-18)34-20-6-4-3-5-7-20;1-21(2)17(12-18(22)23)19(21)20(24)25-13-14-7-6-10-16(11-14)26-15-8-4-3-5-9-15/h3-15,21,25-26H,1-2H3;3-12,17,19H,13H2,1-2H3/b22-15-;. The summed E-state index contributed by atoms with van der Waals surface area (Å²) in [6.07, 6.45) is 2.33. The first-order valence-electron chi connectivity index (χ1n) is 19.4. The predicted molar refractivity (Wildman–Crippen MR) is 237 cm³/mol. The van der Waals surface area contributed by atoms with Gasteiger partial charge in [0.15, 0.2) is 11.6 Å². The first-order valence-corrected chi connectivity index (χ1v) is 20.9. The lowest BCUT2D eigenvalue weighted by atomic mass is 10.1. The van der Waals surface area contributed by atoms with Crippen LogP contribution >= 0.6 is 46.4 Å². The number of allylic oxidation sites excluding steroid dienone is 2. The number of hydrogen-bond acceptors (Lipinski definition) is 7. The Labute approximate surface area is 375 Å². The van der Waals surface area contributed by atoms with Gasteiger partial charge in [0.1, 0.15) is 34.4 Å². The van der Waals surface area contributed by atoms with Gasteiger partial charge in [0, 0.05) is 15.6 Å². The third-order valence-corrected chi connectivity index (χ3v) is 11.8. The van der Waals surface area contributed by atoms with Gasteiger partial charge in [-0.05, 0) is 101 Å². The van der Waals surface area contributed by atoms with Crippen molar-refractivity contribution in [1.82, 2.24) is 0 Å². The zero-order valence-electron chi connectivity index (χ0n) is 33.7. The number of nitriles is 1. The number of rotatable bonds is 13. The maximum Gasteiger partial charge on any atom is 0.311 e. The third kappa shape index (κ3) is 11.5. The molecule has 2 saturated carbocycles. The van der Waals surface area contributed by atoms with E-state index in [1.807, 2.05) is 101 Å². The van der Waals surface area contributed by atoms with E-state index in [1.165, 1.54) is 18.2 Å². The normalized spacial score (nSPS) is 19.7. The lowest BCUT2D eigenvalue weighted by molar-refractivity contribution is -0.149. The summed E-state index contributed by atoms with van der Waals surface area (Å²) < 4.78 is 37.0. The second kappa shape index (κ2) is 19.6. The first kappa shape index (κ1) is 45.2. The summed E-state index contributed by atoms with van der Waals surface area (Å²) in [4.78, 5) is 25.4. The lowest BCUT2D eigenvalue weighted by Crippen LogP contribution is -2.14. The van der Waals surface area contributed by atoms with Crippen molar-refractivity contribution in [2.24, 2.45) is 34.5 Å². The van der Waals surface area contributed by atoms with Crippen LogP contribution in [0.3, 0.4) is 0 Å². The smallest absolute Gasteiger partial charge is 0.311 e. The molecule has 2 aliphatic carbocycles. The molecule has 0 N–H and O–H groups in total. The molecule has 7 nitrogen and oxygen atoms in total. The number of nitrogens with zero attached hydrogens (tertiary/aromatic N) is 1. The van der Waals surface area contributed by atoms with Crippen molar-refractivity contribution in [2.75, 3.05) is 0 Å². The maximum absolute atomic E-state index is 14.3. The molecule has 314 valence electrons. The van der Waals surface area contributed by atoms with Crippen LogP contribution in [0.5, 0.6) is 23.0 Å². The van der Waals surface area contributed by atoms with E-state index in [1.54, 1.807) is 54.6 Å². The summed E-state index contributed by atoms with van der Waals surface area (Å²) >= 11 is 23.9. The molecule has 61 heavy (non-hydrogen) atoms. The third-order valence-electron chi connectivity index (χ3n) is 10.9. The number of carbonyl (C=O) groups excluding carboxylic acids is 2. The second-order valence-electron chi connectivity index (χ2n) is 15.8. The minimum absolute atomic E-state index is 0.00717. The molecule has 7 rings (SSSR count). The van der Waals surface area contributed by atoms with Crippen LogP contribution in [0.4, 0.5) is 4.39 Å². The SMILES string of the molecule is CC1(C)C(/C=C(\Cl)c2ccc(Cl)cc2)C1C(=O)OC(C#N)c1ccc(F)c(Oc2ccccc2)c1.CC1(C)C(C=C(Cl)Cl)C1C(=O)OCc1cccc(Oc2ccccc2)c1. The van der Waals surface area contributed by atoms with Crippen molar-refractivity contribution in [2.45, 2.75) is 40.4 Å². The van der Waals surface area contributed by atoms with E-state index in [2.05, 4.69) is 0 Å². The lowest BCUT2D eigenvalue weighted by Gasteiger charge is -2.14. The van der Waals surface area contributed by atoms with Gasteiger partial charge < -0.3 is 18.9 Å². The van der Waals surface area contributed by atoms with Crippen LogP contribution < -0.4 is 9.47 Å². The fourth-order valence-corrected chi connectivity index (χ4v) is 7.84. The highest BCUT2D eigenvalue weighted by Gasteiger charge is 2.62. The summed E-state index contributed by atoms with van der Waals surface area (Å²) in [5, 5.41) is 10.8. The molecule has 2 aliphatic rings. The summed E-state index contributed by atoms with van der Waals surface area (Å²) in [6.45, 7) is 8.09. The molecule has 5 aromatic carbocycles. The largest absolute Gasteiger partial charge is 0.461 e. The van der Waals surface area contributed by atoms with E-state index >= 15 is 0 Å². The molecule has 0 bridgehead atoms. The van der Waals surface area contributed by atoms with Gasteiger partial charge in [-0.3, -0.25) is 9.59 Å². The Morgan fingerprint density at radius 2 is 1.30 bits per heavy atom. The Morgan fingerprint density at radius 3 is 1.90 bits per heavy atom. The van der Waals surface area contributed by atoms with Crippen LogP contribution in [-0.4, -0.2) is 11.9 Å². The highest BCUT2D eigenvalue weighted by molar-refractivity contribution is 6.55. The summed E-state index contributed by atoms with van der Waals surface area (Å²) in [6, 6.07) is 38.8. The Hall–Kier alpha value is -5.30. The quantitative estimate of drug-likeness (QED) is 0.109. The summed E-state index contributed by atoms with van der Waals surface area (Å²) in [7, 11) is 0. The van der Waals surface area contributed by atoms with Gasteiger partial charge in [-0.2, -0.15) is 5.26 Å². The number of hydrogen-bond donors (Lipinski definition) is 0. The molecular weight excluding hydrogens is 859 g/mol. The van der Waals surface area contributed by atoms with Gasteiger partial charge in [-0.1, -0.05) is 147 Å². The molecule has 0 aliphatic heterocycles. The number of halogens is 5. The van der Waals surface area contributed by atoms with Crippen LogP contribution in [-0.2, 0) is 25.7 Å². The maximum atomic E-state index is 14.3. The topological polar surface area (TPSA) is 94.9 Å². The van der Waals surface area contributed by atoms with Crippen molar-refractivity contribution in [1.29, 1.82) is 5.26 Å². The average Bonchev–Trinajstić information content (AvgIpc) is 4.00. The van der Waals surface area contributed by atoms with Crippen molar-refractivity contribution in [3.05, 3.63) is 172 Å². The molecule has 0 amide bonds. The molecule has 0 heterocycles. The van der Waals surface area contributed by atoms with Crippen molar-refractivity contribution in [3.8, 4) is 29.1 Å². The van der Waals surface area contributed by atoms with Gasteiger partial charge in [-0.15, -0.1) is 0 Å². The van der Waals surface area contributed by atoms with Crippen LogP contribution in [0, 0.1) is 51.6 Å². The van der Waals surface area contributed by atoms with E-state index < -0.39 is 29.2 Å². The van der Waals surface area contributed by atoms with Crippen LogP contribution in [0.25, 0.3) is 5.03 Å². The van der Waals surface area contributed by atoms with Crippen molar-refractivity contribution >= 4 is 63.4 Å². The summed E-state index contributed by atoms with van der Waals surface area (Å²) in [5.74, 6) is -0.355. The highest BCUT2D eigenvalue weighted by atomic mass is 35.5. The van der Waals surface area contributed by atoms with Gasteiger partial charge >= 0.3 is 11.9 Å². The van der Waals surface area contributed by atoms with Gasteiger partial charge in [-0.25, -0.2) is 4.39 Å². The number of para-hydroxylation sites is 2. The zero-order valence-corrected chi connectivity index (χ0v) is 36.7.